The number of anilines is 1. The zero-order chi connectivity index (χ0) is 27.6. The molecule has 14 heteroatoms. The van der Waals surface area contributed by atoms with Gasteiger partial charge in [-0.05, 0) is 85.1 Å². The number of carbonyl (C=O) groups is 2. The molecule has 0 bridgehead atoms. The van der Waals surface area contributed by atoms with Crippen molar-refractivity contribution in [2.24, 2.45) is 11.4 Å². The van der Waals surface area contributed by atoms with E-state index in [1.165, 1.54) is 21.7 Å². The zero-order valence-electron chi connectivity index (χ0n) is 20.8. The molecule has 11 nitrogen and oxygen atoms in total. The fourth-order valence-corrected chi connectivity index (χ4v) is 5.61. The number of aryl methyl sites for hydroxylation is 2. The number of aromatic nitrogens is 2. The summed E-state index contributed by atoms with van der Waals surface area (Å²) in [7, 11) is -2.54. The number of nitrogens with one attached hydrogen (secondary N) is 1. The Morgan fingerprint density at radius 3 is 2.50 bits per heavy atom. The summed E-state index contributed by atoms with van der Waals surface area (Å²) in [5.74, 6) is -0.683. The van der Waals surface area contributed by atoms with Crippen LogP contribution in [0.1, 0.15) is 24.6 Å². The van der Waals surface area contributed by atoms with Crippen LogP contribution in [-0.4, -0.2) is 47.7 Å². The molecule has 1 saturated heterocycles. The Kier molecular flexibility index (Phi) is 8.32. The molecule has 38 heavy (non-hydrogen) atoms. The van der Waals surface area contributed by atoms with Gasteiger partial charge in [-0.25, -0.2) is 4.68 Å². The van der Waals surface area contributed by atoms with Crippen molar-refractivity contribution in [1.82, 2.24) is 15.1 Å². The van der Waals surface area contributed by atoms with E-state index in [4.69, 9.17) is 16.7 Å². The summed E-state index contributed by atoms with van der Waals surface area (Å²) in [6.07, 6.45) is -0.162. The minimum atomic E-state index is -4.10. The van der Waals surface area contributed by atoms with Gasteiger partial charge in [0.15, 0.2) is 5.11 Å². The Morgan fingerprint density at radius 1 is 1.21 bits per heavy atom. The highest BCUT2D eigenvalue weighted by atomic mass is 127. The maximum absolute atomic E-state index is 13.2. The van der Waals surface area contributed by atoms with E-state index in [9.17, 15) is 18.0 Å². The average molecular weight is 669 g/mol. The summed E-state index contributed by atoms with van der Waals surface area (Å²) >= 11 is 7.73. The molecular weight excluding hydrogens is 643 g/mol. The van der Waals surface area contributed by atoms with Crippen LogP contribution < -0.4 is 20.8 Å². The van der Waals surface area contributed by atoms with Crippen molar-refractivity contribution in [2.75, 3.05) is 11.9 Å². The Balaban J connectivity index is 1.63. The van der Waals surface area contributed by atoms with E-state index in [-0.39, 0.29) is 46.0 Å². The van der Waals surface area contributed by atoms with Crippen LogP contribution in [0.5, 0.6) is 0 Å². The second kappa shape index (κ2) is 11.3. The van der Waals surface area contributed by atoms with Gasteiger partial charge in [-0.2, -0.15) is 8.42 Å². The largest absolute Gasteiger partial charge is 0.486 e. The molecule has 3 aromatic rings. The molecule has 1 N–H and O–H groups in total. The van der Waals surface area contributed by atoms with Crippen LogP contribution in [0.2, 0.25) is 0 Å². The molecular formula is C24H25IN6O5S2. The molecule has 0 radical (unpaired) electrons. The first-order valence-corrected chi connectivity index (χ1v) is 14.5. The van der Waals surface area contributed by atoms with Gasteiger partial charge in [0.2, 0.25) is 5.91 Å². The number of halogens is 1. The van der Waals surface area contributed by atoms with E-state index in [0.29, 0.717) is 12.2 Å². The summed E-state index contributed by atoms with van der Waals surface area (Å²) in [5, 5.41) is 6.84. The SMILES string of the molecule is CCN1C(=O)C(CC(=O)Nc2ccc(I)cc2)N(Cc2/c(=N/S(=O)(=O)c3ccc(C)cc3)o[n-][n+]2C)C1=S. The fourth-order valence-electron chi connectivity index (χ4n) is 3.90. The monoisotopic (exact) mass is 668 g/mol. The number of hydrogen-bond acceptors (Lipinski definition) is 6. The average Bonchev–Trinajstić information content (AvgIpc) is 3.31. The van der Waals surface area contributed by atoms with Gasteiger partial charge in [-0.15, -0.1) is 4.40 Å². The van der Waals surface area contributed by atoms with E-state index < -0.39 is 16.1 Å². The van der Waals surface area contributed by atoms with Gasteiger partial charge >= 0.3 is 0 Å². The lowest BCUT2D eigenvalue weighted by molar-refractivity contribution is -0.752. The van der Waals surface area contributed by atoms with E-state index in [1.807, 2.05) is 19.1 Å². The van der Waals surface area contributed by atoms with Crippen molar-refractivity contribution in [3.05, 3.63) is 68.9 Å². The first-order chi connectivity index (χ1) is 18.0. The van der Waals surface area contributed by atoms with Crippen molar-refractivity contribution in [2.45, 2.75) is 37.8 Å². The van der Waals surface area contributed by atoms with Crippen LogP contribution in [0.15, 0.2) is 62.3 Å². The molecule has 1 unspecified atom stereocenters. The Labute approximate surface area is 238 Å². The predicted octanol–water partition coefficient (Wildman–Crippen LogP) is 1.61. The van der Waals surface area contributed by atoms with Crippen molar-refractivity contribution < 1.29 is 27.2 Å². The van der Waals surface area contributed by atoms with Crippen LogP contribution in [0.25, 0.3) is 0 Å². The second-order valence-electron chi connectivity index (χ2n) is 8.60. The molecule has 4 rings (SSSR count). The number of rotatable bonds is 8. The van der Waals surface area contributed by atoms with Crippen molar-refractivity contribution in [3.63, 3.8) is 0 Å². The number of carbonyl (C=O) groups excluding carboxylic acids is 2. The zero-order valence-corrected chi connectivity index (χ0v) is 24.6. The molecule has 2 amide bonds. The highest BCUT2D eigenvalue weighted by Crippen LogP contribution is 2.23. The predicted molar refractivity (Wildman–Crippen MR) is 149 cm³/mol. The Morgan fingerprint density at radius 2 is 1.87 bits per heavy atom. The van der Waals surface area contributed by atoms with Gasteiger partial charge in [0.25, 0.3) is 27.2 Å². The lowest BCUT2D eigenvalue weighted by Crippen LogP contribution is -2.45. The third kappa shape index (κ3) is 5.96. The summed E-state index contributed by atoms with van der Waals surface area (Å²) in [6.45, 7) is 3.90. The van der Waals surface area contributed by atoms with Crippen LogP contribution in [-0.2, 0) is 33.2 Å². The van der Waals surface area contributed by atoms with Crippen LogP contribution >= 0.6 is 34.8 Å². The quantitative estimate of drug-likeness (QED) is 0.218. The van der Waals surface area contributed by atoms with Gasteiger partial charge in [0.05, 0.1) is 11.3 Å². The van der Waals surface area contributed by atoms with E-state index in [1.54, 1.807) is 43.1 Å². The molecule has 2 heterocycles. The van der Waals surface area contributed by atoms with Crippen molar-refractivity contribution in [1.29, 1.82) is 0 Å². The molecule has 2 aromatic carbocycles. The second-order valence-corrected chi connectivity index (χ2v) is 11.8. The molecule has 1 aliphatic rings. The maximum atomic E-state index is 13.2. The van der Waals surface area contributed by atoms with E-state index in [0.717, 1.165) is 9.13 Å². The van der Waals surface area contributed by atoms with Gasteiger partial charge in [0, 0.05) is 15.8 Å². The molecule has 0 saturated carbocycles. The molecule has 1 fully saturated rings. The first kappa shape index (κ1) is 27.9. The number of benzene rings is 2. The van der Waals surface area contributed by atoms with Crippen molar-refractivity contribution >= 4 is 67.4 Å². The van der Waals surface area contributed by atoms with Crippen molar-refractivity contribution in [3.8, 4) is 0 Å². The number of thiocarbonyl (C=S) groups is 1. The highest BCUT2D eigenvalue weighted by Gasteiger charge is 2.44. The number of likely N-dealkylation sites (N-methyl/N-ethyl adjacent to an activating group) is 1. The Hall–Kier alpha value is -3.11. The molecule has 200 valence electrons. The normalized spacial score (nSPS) is 16.4. The summed E-state index contributed by atoms with van der Waals surface area (Å²) < 4.78 is 37.3. The third-order valence-electron chi connectivity index (χ3n) is 5.96. The lowest BCUT2D eigenvalue weighted by atomic mass is 10.1. The molecule has 0 spiro atoms. The number of hydrogen-bond donors (Lipinski definition) is 1. The van der Waals surface area contributed by atoms with Crippen LogP contribution in [0, 0.1) is 10.5 Å². The number of nitrogens with zero attached hydrogens (tertiary/aromatic N) is 5. The molecule has 1 atom stereocenters. The minimum Gasteiger partial charge on any atom is -0.486 e. The van der Waals surface area contributed by atoms with E-state index in [2.05, 4.69) is 37.6 Å². The van der Waals surface area contributed by atoms with Gasteiger partial charge < -0.3 is 14.7 Å². The van der Waals surface area contributed by atoms with Gasteiger partial charge in [0.1, 0.15) is 19.6 Å². The maximum Gasteiger partial charge on any atom is 0.289 e. The third-order valence-corrected chi connectivity index (χ3v) is 8.40. The van der Waals surface area contributed by atoms with Crippen LogP contribution in [0.3, 0.4) is 0 Å². The lowest BCUT2D eigenvalue weighted by Gasteiger charge is -2.22. The molecule has 0 aliphatic carbocycles. The fraction of sp³-hybridized carbons (Fsp3) is 0.292. The molecule has 1 aromatic heterocycles. The topological polar surface area (TPSA) is 130 Å². The first-order valence-electron chi connectivity index (χ1n) is 11.6. The number of sulfonamides is 1. The van der Waals surface area contributed by atoms with Gasteiger partial charge in [-0.3, -0.25) is 19.8 Å². The number of amides is 2. The standard InChI is InChI=1S/C24H25IN6O5S2/c1-4-30-23(33)19(13-21(32)26-17-9-7-16(25)8-10-17)31(24(30)37)14-20-22(36-28-29(20)3)27-38(34,35)18-11-5-15(2)6-12-18/h5-12,19H,4,13-14H2,1-3H3,(H,26,32)/b27-22-. The summed E-state index contributed by atoms with van der Waals surface area (Å²) in [6, 6.07) is 12.6. The Bertz CT molecular complexity index is 1550. The van der Waals surface area contributed by atoms with Crippen LogP contribution in [0.4, 0.5) is 5.69 Å². The highest BCUT2D eigenvalue weighted by molar-refractivity contribution is 14.1. The van der Waals surface area contributed by atoms with E-state index >= 15 is 0 Å². The van der Waals surface area contributed by atoms with Gasteiger partial charge in [-0.1, -0.05) is 17.7 Å². The summed E-state index contributed by atoms with van der Waals surface area (Å²) in [4.78, 5) is 29.0. The smallest absolute Gasteiger partial charge is 0.289 e. The molecule has 1 aliphatic heterocycles. The summed E-state index contributed by atoms with van der Waals surface area (Å²) in [5.41, 5.74) is 1.55. The minimum absolute atomic E-state index is 0.00211.